The molecule has 19 heavy (non-hydrogen) atoms. The Morgan fingerprint density at radius 2 is 1.89 bits per heavy atom. The lowest BCUT2D eigenvalue weighted by molar-refractivity contribution is -0.105. The first-order valence-electron chi connectivity index (χ1n) is 6.78. The molecule has 0 bridgehead atoms. The third-order valence-electron chi connectivity index (χ3n) is 3.89. The summed E-state index contributed by atoms with van der Waals surface area (Å²) >= 11 is 0. The molecular formula is C16H20N2O. The summed E-state index contributed by atoms with van der Waals surface area (Å²) in [5.41, 5.74) is 7.28. The van der Waals surface area contributed by atoms with E-state index < -0.39 is 0 Å². The number of benzene rings is 2. The molecule has 0 amide bonds. The summed E-state index contributed by atoms with van der Waals surface area (Å²) < 4.78 is 5.27. The third kappa shape index (κ3) is 2.63. The second-order valence-corrected chi connectivity index (χ2v) is 5.48. The first-order chi connectivity index (χ1) is 9.31. The number of fused-ring (bicyclic) bond motifs is 1. The van der Waals surface area contributed by atoms with E-state index in [1.54, 1.807) is 0 Å². The Balaban J connectivity index is 1.62. The first-order valence-corrected chi connectivity index (χ1v) is 6.78. The summed E-state index contributed by atoms with van der Waals surface area (Å²) in [4.78, 5) is 0. The monoisotopic (exact) mass is 256 g/mol. The molecule has 1 aliphatic heterocycles. The van der Waals surface area contributed by atoms with E-state index in [1.807, 2.05) is 0 Å². The topological polar surface area (TPSA) is 47.3 Å². The maximum atomic E-state index is 5.80. The average molecular weight is 256 g/mol. The molecule has 1 saturated heterocycles. The van der Waals surface area contributed by atoms with E-state index in [-0.39, 0.29) is 5.41 Å². The number of hydrogen-bond donors (Lipinski definition) is 2. The van der Waals surface area contributed by atoms with Crippen molar-refractivity contribution in [3.8, 4) is 0 Å². The largest absolute Gasteiger partial charge is 0.380 e. The Kier molecular flexibility index (Phi) is 3.51. The lowest BCUT2D eigenvalue weighted by Crippen LogP contribution is -2.54. The smallest absolute Gasteiger partial charge is 0.0569 e. The van der Waals surface area contributed by atoms with Crippen molar-refractivity contribution in [2.24, 2.45) is 11.1 Å². The summed E-state index contributed by atoms with van der Waals surface area (Å²) in [5.74, 6) is 0. The molecule has 0 aromatic heterocycles. The Bertz CT molecular complexity index is 558. The van der Waals surface area contributed by atoms with Crippen LogP contribution >= 0.6 is 0 Å². The second kappa shape index (κ2) is 5.29. The fraction of sp³-hybridized carbons (Fsp3) is 0.375. The van der Waals surface area contributed by atoms with Crippen molar-refractivity contribution < 1.29 is 4.74 Å². The highest BCUT2D eigenvalue weighted by atomic mass is 16.5. The lowest BCUT2D eigenvalue weighted by Gasteiger charge is -2.40. The highest BCUT2D eigenvalue weighted by molar-refractivity contribution is 5.82. The van der Waals surface area contributed by atoms with E-state index in [0.717, 1.165) is 26.3 Å². The molecule has 0 spiro atoms. The molecule has 0 unspecified atom stereocenters. The minimum Gasteiger partial charge on any atom is -0.380 e. The third-order valence-corrected chi connectivity index (χ3v) is 3.89. The Labute approximate surface area is 113 Å². The minimum atomic E-state index is 0.164. The van der Waals surface area contributed by atoms with Gasteiger partial charge in [-0.05, 0) is 22.4 Å². The summed E-state index contributed by atoms with van der Waals surface area (Å²) in [6.07, 6.45) is 0. The summed E-state index contributed by atoms with van der Waals surface area (Å²) in [6.45, 7) is 4.07. The van der Waals surface area contributed by atoms with E-state index in [0.29, 0.717) is 6.54 Å². The molecule has 3 N–H and O–H groups in total. The zero-order valence-electron chi connectivity index (χ0n) is 11.1. The van der Waals surface area contributed by atoms with Gasteiger partial charge in [-0.2, -0.15) is 0 Å². The normalized spacial score (nSPS) is 17.3. The SMILES string of the molecule is NCC1(CNCc2ccc3ccccc3c2)COC1. The molecule has 0 atom stereocenters. The molecule has 3 rings (SSSR count). The number of nitrogens with two attached hydrogens (primary N) is 1. The quantitative estimate of drug-likeness (QED) is 0.859. The van der Waals surface area contributed by atoms with Crippen LogP contribution in [0.1, 0.15) is 5.56 Å². The molecule has 0 radical (unpaired) electrons. The van der Waals surface area contributed by atoms with Gasteiger partial charge in [-0.15, -0.1) is 0 Å². The van der Waals surface area contributed by atoms with E-state index in [4.69, 9.17) is 10.5 Å². The van der Waals surface area contributed by atoms with Crippen LogP contribution in [0.4, 0.5) is 0 Å². The summed E-state index contributed by atoms with van der Waals surface area (Å²) in [7, 11) is 0. The van der Waals surface area contributed by atoms with Crippen molar-refractivity contribution in [2.45, 2.75) is 6.54 Å². The standard InChI is InChI=1S/C16H20N2O/c17-9-16(11-19-12-16)10-18-8-13-5-6-14-3-1-2-4-15(14)7-13/h1-7,18H,8-12,17H2. The molecule has 0 aliphatic carbocycles. The number of ether oxygens (including phenoxy) is 1. The van der Waals surface area contributed by atoms with Crippen LogP contribution in [0, 0.1) is 5.41 Å². The van der Waals surface area contributed by atoms with Crippen LogP contribution in [-0.4, -0.2) is 26.3 Å². The fourth-order valence-corrected chi connectivity index (χ4v) is 2.50. The van der Waals surface area contributed by atoms with Crippen LogP contribution in [0.15, 0.2) is 42.5 Å². The van der Waals surface area contributed by atoms with Gasteiger partial charge in [0, 0.05) is 25.0 Å². The van der Waals surface area contributed by atoms with Crippen LogP contribution in [0.25, 0.3) is 10.8 Å². The molecule has 2 aromatic rings. The van der Waals surface area contributed by atoms with E-state index >= 15 is 0 Å². The maximum absolute atomic E-state index is 5.80. The van der Waals surface area contributed by atoms with Gasteiger partial charge >= 0.3 is 0 Å². The second-order valence-electron chi connectivity index (χ2n) is 5.48. The van der Waals surface area contributed by atoms with Gasteiger partial charge in [-0.25, -0.2) is 0 Å². The highest BCUT2D eigenvalue weighted by Gasteiger charge is 2.36. The van der Waals surface area contributed by atoms with Gasteiger partial charge in [0.1, 0.15) is 0 Å². The van der Waals surface area contributed by atoms with Gasteiger partial charge in [-0.1, -0.05) is 36.4 Å². The predicted octanol–water partition coefficient (Wildman–Crippen LogP) is 1.90. The Morgan fingerprint density at radius 1 is 1.11 bits per heavy atom. The molecule has 0 saturated carbocycles. The van der Waals surface area contributed by atoms with Crippen molar-refractivity contribution in [1.82, 2.24) is 5.32 Å². The van der Waals surface area contributed by atoms with Crippen LogP contribution in [0.3, 0.4) is 0 Å². The maximum Gasteiger partial charge on any atom is 0.0569 e. The fourth-order valence-electron chi connectivity index (χ4n) is 2.50. The number of nitrogens with one attached hydrogen (secondary N) is 1. The van der Waals surface area contributed by atoms with E-state index in [9.17, 15) is 0 Å². The van der Waals surface area contributed by atoms with Crippen LogP contribution in [0.5, 0.6) is 0 Å². The zero-order chi connectivity index (χ0) is 13.1. The van der Waals surface area contributed by atoms with Gasteiger partial charge in [0.05, 0.1) is 13.2 Å². The van der Waals surface area contributed by atoms with Gasteiger partial charge in [0.15, 0.2) is 0 Å². The van der Waals surface area contributed by atoms with Crippen molar-refractivity contribution in [1.29, 1.82) is 0 Å². The highest BCUT2D eigenvalue weighted by Crippen LogP contribution is 2.25. The molecule has 2 aromatic carbocycles. The molecule has 1 aliphatic rings. The predicted molar refractivity (Wildman–Crippen MR) is 78.0 cm³/mol. The van der Waals surface area contributed by atoms with Gasteiger partial charge in [0.2, 0.25) is 0 Å². The molecule has 3 heteroatoms. The van der Waals surface area contributed by atoms with Crippen LogP contribution in [0.2, 0.25) is 0 Å². The molecule has 100 valence electrons. The summed E-state index contributed by atoms with van der Waals surface area (Å²) in [6, 6.07) is 15.0. The van der Waals surface area contributed by atoms with Crippen molar-refractivity contribution in [3.63, 3.8) is 0 Å². The van der Waals surface area contributed by atoms with Crippen molar-refractivity contribution >= 4 is 10.8 Å². The van der Waals surface area contributed by atoms with Gasteiger partial charge in [0.25, 0.3) is 0 Å². The minimum absolute atomic E-state index is 0.164. The van der Waals surface area contributed by atoms with Crippen LogP contribution in [-0.2, 0) is 11.3 Å². The molecule has 3 nitrogen and oxygen atoms in total. The number of rotatable bonds is 5. The molecule has 1 heterocycles. The van der Waals surface area contributed by atoms with E-state index in [2.05, 4.69) is 47.8 Å². The van der Waals surface area contributed by atoms with Crippen molar-refractivity contribution in [2.75, 3.05) is 26.3 Å². The molecule has 1 fully saturated rings. The zero-order valence-corrected chi connectivity index (χ0v) is 11.1. The van der Waals surface area contributed by atoms with Gasteiger partial charge in [-0.3, -0.25) is 0 Å². The lowest BCUT2D eigenvalue weighted by atomic mass is 9.86. The van der Waals surface area contributed by atoms with Gasteiger partial charge < -0.3 is 15.8 Å². The Hall–Kier alpha value is -1.42. The summed E-state index contributed by atoms with van der Waals surface area (Å²) in [5, 5.41) is 6.08. The first kappa shape index (κ1) is 12.6. The van der Waals surface area contributed by atoms with Crippen molar-refractivity contribution in [3.05, 3.63) is 48.0 Å². The molecular weight excluding hydrogens is 236 g/mol. The van der Waals surface area contributed by atoms with Crippen LogP contribution < -0.4 is 11.1 Å². The van der Waals surface area contributed by atoms with E-state index in [1.165, 1.54) is 16.3 Å². The number of hydrogen-bond acceptors (Lipinski definition) is 3. The average Bonchev–Trinajstić information content (AvgIpc) is 2.42. The Morgan fingerprint density at radius 3 is 2.58 bits per heavy atom.